The predicted molar refractivity (Wildman–Crippen MR) is 62.0 cm³/mol. The lowest BCUT2D eigenvalue weighted by Gasteiger charge is -2.08. The van der Waals surface area contributed by atoms with Crippen molar-refractivity contribution < 1.29 is 9.59 Å². The second-order valence-corrected chi connectivity index (χ2v) is 3.75. The highest BCUT2D eigenvalue weighted by Crippen LogP contribution is 2.12. The molecule has 0 unspecified atom stereocenters. The Labute approximate surface area is 94.3 Å². The molecule has 5 heteroatoms. The number of hydrogen-bond acceptors (Lipinski definition) is 3. The van der Waals surface area contributed by atoms with Crippen molar-refractivity contribution in [3.8, 4) is 0 Å². The van der Waals surface area contributed by atoms with Gasteiger partial charge in [-0.1, -0.05) is 13.8 Å². The summed E-state index contributed by atoms with van der Waals surface area (Å²) in [4.78, 5) is 26.2. The summed E-state index contributed by atoms with van der Waals surface area (Å²) in [5, 5.41) is 5.27. The molecule has 0 aliphatic heterocycles. The molecule has 0 atom stereocenters. The van der Waals surface area contributed by atoms with E-state index in [1.54, 1.807) is 26.0 Å². The highest BCUT2D eigenvalue weighted by atomic mass is 16.2. The Bertz CT molecular complexity index is 402. The van der Waals surface area contributed by atoms with Gasteiger partial charge in [-0.2, -0.15) is 0 Å². The number of carbonyl (C=O) groups is 2. The first-order valence-electron chi connectivity index (χ1n) is 5.03. The van der Waals surface area contributed by atoms with Crippen molar-refractivity contribution in [3.63, 3.8) is 0 Å². The Morgan fingerprint density at radius 2 is 2.00 bits per heavy atom. The van der Waals surface area contributed by atoms with Gasteiger partial charge in [0.2, 0.25) is 11.8 Å². The van der Waals surface area contributed by atoms with Crippen LogP contribution in [0.15, 0.2) is 18.3 Å². The van der Waals surface area contributed by atoms with Gasteiger partial charge >= 0.3 is 0 Å². The van der Waals surface area contributed by atoms with E-state index in [0.29, 0.717) is 11.5 Å². The van der Waals surface area contributed by atoms with E-state index < -0.39 is 0 Å². The van der Waals surface area contributed by atoms with Crippen molar-refractivity contribution >= 4 is 23.3 Å². The monoisotopic (exact) mass is 221 g/mol. The smallest absolute Gasteiger partial charge is 0.228 e. The number of pyridine rings is 1. The Morgan fingerprint density at radius 1 is 1.31 bits per heavy atom. The van der Waals surface area contributed by atoms with Gasteiger partial charge in [0, 0.05) is 30.8 Å². The van der Waals surface area contributed by atoms with E-state index in [-0.39, 0.29) is 17.7 Å². The zero-order chi connectivity index (χ0) is 12.1. The van der Waals surface area contributed by atoms with E-state index in [9.17, 15) is 9.59 Å². The van der Waals surface area contributed by atoms with Crippen molar-refractivity contribution in [2.45, 2.75) is 20.8 Å². The first-order valence-corrected chi connectivity index (χ1v) is 5.03. The van der Waals surface area contributed by atoms with Gasteiger partial charge in [0.1, 0.15) is 5.82 Å². The van der Waals surface area contributed by atoms with Crippen LogP contribution < -0.4 is 10.6 Å². The van der Waals surface area contributed by atoms with Crippen molar-refractivity contribution in [1.82, 2.24) is 4.98 Å². The molecule has 5 nitrogen and oxygen atoms in total. The molecule has 0 saturated heterocycles. The summed E-state index contributed by atoms with van der Waals surface area (Å²) in [5.41, 5.74) is 0.613. The Balaban J connectivity index is 2.74. The summed E-state index contributed by atoms with van der Waals surface area (Å²) in [7, 11) is 0. The molecule has 16 heavy (non-hydrogen) atoms. The molecular formula is C11H15N3O2. The van der Waals surface area contributed by atoms with Gasteiger partial charge < -0.3 is 10.6 Å². The minimum absolute atomic E-state index is 0.104. The highest BCUT2D eigenvalue weighted by molar-refractivity contribution is 5.93. The van der Waals surface area contributed by atoms with Crippen LogP contribution in [-0.2, 0) is 9.59 Å². The standard InChI is InChI=1S/C11H15N3O2/c1-7(2)11(16)14-10-6-9(4-5-12-10)13-8(3)15/h4-7H,1-3H3,(H2,12,13,14,15,16). The molecule has 86 valence electrons. The molecule has 2 N–H and O–H groups in total. The molecule has 1 aromatic heterocycles. The first-order chi connectivity index (χ1) is 7.49. The molecule has 1 heterocycles. The summed E-state index contributed by atoms with van der Waals surface area (Å²) in [5.74, 6) is 0.0657. The molecule has 1 rings (SSSR count). The van der Waals surface area contributed by atoms with E-state index in [4.69, 9.17) is 0 Å². The zero-order valence-electron chi connectivity index (χ0n) is 9.57. The Morgan fingerprint density at radius 3 is 2.56 bits per heavy atom. The van der Waals surface area contributed by atoms with Crippen LogP contribution in [0.3, 0.4) is 0 Å². The normalized spacial score (nSPS) is 10.0. The number of nitrogens with zero attached hydrogens (tertiary/aromatic N) is 1. The SMILES string of the molecule is CC(=O)Nc1ccnc(NC(=O)C(C)C)c1. The second-order valence-electron chi connectivity index (χ2n) is 3.75. The lowest BCUT2D eigenvalue weighted by Crippen LogP contribution is -2.18. The quantitative estimate of drug-likeness (QED) is 0.815. The molecule has 0 aromatic carbocycles. The summed E-state index contributed by atoms with van der Waals surface area (Å²) in [6.45, 7) is 5.02. The minimum atomic E-state index is -0.160. The number of nitrogens with one attached hydrogen (secondary N) is 2. The van der Waals surface area contributed by atoms with Crippen LogP contribution in [0.25, 0.3) is 0 Å². The molecule has 0 radical (unpaired) electrons. The molecule has 0 aliphatic rings. The molecular weight excluding hydrogens is 206 g/mol. The molecule has 0 fully saturated rings. The van der Waals surface area contributed by atoms with Gasteiger partial charge in [0.15, 0.2) is 0 Å². The van der Waals surface area contributed by atoms with Crippen LogP contribution >= 0.6 is 0 Å². The Kier molecular flexibility index (Phi) is 3.99. The maximum atomic E-state index is 11.4. The lowest BCUT2D eigenvalue weighted by molar-refractivity contribution is -0.119. The minimum Gasteiger partial charge on any atom is -0.326 e. The number of rotatable bonds is 3. The lowest BCUT2D eigenvalue weighted by atomic mass is 10.2. The average molecular weight is 221 g/mol. The molecule has 0 saturated carbocycles. The van der Waals surface area contributed by atoms with Crippen molar-refractivity contribution in [2.75, 3.05) is 10.6 Å². The van der Waals surface area contributed by atoms with Gasteiger partial charge in [-0.25, -0.2) is 4.98 Å². The first kappa shape index (κ1) is 12.2. The van der Waals surface area contributed by atoms with Crippen LogP contribution in [0.1, 0.15) is 20.8 Å². The largest absolute Gasteiger partial charge is 0.326 e. The van der Waals surface area contributed by atoms with Gasteiger partial charge in [0.05, 0.1) is 0 Å². The van der Waals surface area contributed by atoms with Gasteiger partial charge in [-0.05, 0) is 6.07 Å². The topological polar surface area (TPSA) is 71.1 Å². The molecule has 2 amide bonds. The predicted octanol–water partition coefficient (Wildman–Crippen LogP) is 1.63. The third-order valence-electron chi connectivity index (χ3n) is 1.86. The zero-order valence-corrected chi connectivity index (χ0v) is 9.57. The number of hydrogen-bond donors (Lipinski definition) is 2. The van der Waals surface area contributed by atoms with Crippen LogP contribution in [0.4, 0.5) is 11.5 Å². The highest BCUT2D eigenvalue weighted by Gasteiger charge is 2.08. The second kappa shape index (κ2) is 5.25. The Hall–Kier alpha value is -1.91. The van der Waals surface area contributed by atoms with Gasteiger partial charge in [-0.3, -0.25) is 9.59 Å². The summed E-state index contributed by atoms with van der Waals surface area (Å²) < 4.78 is 0. The van der Waals surface area contributed by atoms with E-state index in [0.717, 1.165) is 0 Å². The summed E-state index contributed by atoms with van der Waals surface area (Å²) in [6, 6.07) is 3.27. The van der Waals surface area contributed by atoms with Gasteiger partial charge in [0.25, 0.3) is 0 Å². The van der Waals surface area contributed by atoms with E-state index in [1.165, 1.54) is 13.1 Å². The average Bonchev–Trinajstić information content (AvgIpc) is 2.16. The third-order valence-corrected chi connectivity index (χ3v) is 1.86. The number of carbonyl (C=O) groups excluding carboxylic acids is 2. The van der Waals surface area contributed by atoms with Gasteiger partial charge in [-0.15, -0.1) is 0 Å². The maximum absolute atomic E-state index is 11.4. The fraction of sp³-hybridized carbons (Fsp3) is 0.364. The summed E-state index contributed by atoms with van der Waals surface area (Å²) in [6.07, 6.45) is 1.53. The third kappa shape index (κ3) is 3.68. The van der Waals surface area contributed by atoms with Crippen molar-refractivity contribution in [3.05, 3.63) is 18.3 Å². The number of amides is 2. The fourth-order valence-electron chi connectivity index (χ4n) is 1.05. The van der Waals surface area contributed by atoms with Crippen LogP contribution in [0.5, 0.6) is 0 Å². The molecule has 0 aliphatic carbocycles. The van der Waals surface area contributed by atoms with Crippen LogP contribution in [-0.4, -0.2) is 16.8 Å². The van der Waals surface area contributed by atoms with Crippen LogP contribution in [0.2, 0.25) is 0 Å². The molecule has 1 aromatic rings. The summed E-state index contributed by atoms with van der Waals surface area (Å²) >= 11 is 0. The fourth-order valence-corrected chi connectivity index (χ4v) is 1.05. The molecule has 0 spiro atoms. The van der Waals surface area contributed by atoms with E-state index in [1.807, 2.05) is 0 Å². The van der Waals surface area contributed by atoms with E-state index in [2.05, 4.69) is 15.6 Å². The van der Waals surface area contributed by atoms with E-state index >= 15 is 0 Å². The maximum Gasteiger partial charge on any atom is 0.228 e. The van der Waals surface area contributed by atoms with Crippen molar-refractivity contribution in [2.24, 2.45) is 5.92 Å². The number of anilines is 2. The van der Waals surface area contributed by atoms with Crippen molar-refractivity contribution in [1.29, 1.82) is 0 Å². The van der Waals surface area contributed by atoms with Crippen LogP contribution in [0, 0.1) is 5.92 Å². The number of aromatic nitrogens is 1. The molecule has 0 bridgehead atoms.